The van der Waals surface area contributed by atoms with E-state index in [0.29, 0.717) is 12.3 Å². The van der Waals surface area contributed by atoms with Crippen molar-refractivity contribution < 1.29 is 19.4 Å². The summed E-state index contributed by atoms with van der Waals surface area (Å²) in [4.78, 5) is 13.1. The second-order valence-electron chi connectivity index (χ2n) is 5.02. The number of ether oxygens (including phenoxy) is 2. The molecule has 1 atom stereocenters. The van der Waals surface area contributed by atoms with Crippen molar-refractivity contribution in [1.29, 1.82) is 0 Å². The van der Waals surface area contributed by atoms with E-state index in [1.807, 2.05) is 36.9 Å². The lowest BCUT2D eigenvalue weighted by molar-refractivity contribution is -0.140. The average Bonchev–Trinajstić information content (AvgIpc) is 2.43. The van der Waals surface area contributed by atoms with Crippen LogP contribution in [-0.4, -0.2) is 37.9 Å². The summed E-state index contributed by atoms with van der Waals surface area (Å²) in [6.45, 7) is 6.15. The zero-order chi connectivity index (χ0) is 15.3. The van der Waals surface area contributed by atoms with Gasteiger partial charge in [0.2, 0.25) is 0 Å². The Kier molecular flexibility index (Phi) is 5.67. The van der Waals surface area contributed by atoms with Crippen molar-refractivity contribution >= 4 is 11.7 Å². The molecule has 112 valence electrons. The largest absolute Gasteiger partial charge is 0.497 e. The molecule has 0 amide bonds. The first kappa shape index (κ1) is 16.1. The molecule has 0 saturated heterocycles. The summed E-state index contributed by atoms with van der Waals surface area (Å²) in [6.07, 6.45) is 0. The van der Waals surface area contributed by atoms with E-state index in [2.05, 4.69) is 0 Å². The highest BCUT2D eigenvalue weighted by Gasteiger charge is 2.21. The van der Waals surface area contributed by atoms with E-state index in [1.54, 1.807) is 21.1 Å². The summed E-state index contributed by atoms with van der Waals surface area (Å²) >= 11 is 0. The van der Waals surface area contributed by atoms with Gasteiger partial charge in [-0.2, -0.15) is 0 Å². The third-order valence-electron chi connectivity index (χ3n) is 3.21. The minimum absolute atomic E-state index is 0.151. The van der Waals surface area contributed by atoms with Crippen molar-refractivity contribution in [3.05, 3.63) is 18.2 Å². The third-order valence-corrected chi connectivity index (χ3v) is 3.21. The standard InChI is InChI=1S/C15H23NO4/c1-10(2)16(9-11(3)15(17)18)13-8-12(19-4)6-7-14(13)20-5/h6-8,10-11H,9H2,1-5H3,(H,17,18). The first-order valence-electron chi connectivity index (χ1n) is 6.62. The van der Waals surface area contributed by atoms with Gasteiger partial charge in [0.1, 0.15) is 11.5 Å². The first-order valence-corrected chi connectivity index (χ1v) is 6.62. The highest BCUT2D eigenvalue weighted by Crippen LogP contribution is 2.33. The third kappa shape index (κ3) is 3.79. The Morgan fingerprint density at radius 1 is 1.25 bits per heavy atom. The Morgan fingerprint density at radius 2 is 1.90 bits per heavy atom. The highest BCUT2D eigenvalue weighted by molar-refractivity contribution is 5.71. The maximum Gasteiger partial charge on any atom is 0.308 e. The molecule has 0 aromatic heterocycles. The molecule has 5 nitrogen and oxygen atoms in total. The molecule has 0 heterocycles. The van der Waals surface area contributed by atoms with Crippen molar-refractivity contribution in [3.8, 4) is 11.5 Å². The van der Waals surface area contributed by atoms with Crippen LogP contribution in [0.3, 0.4) is 0 Å². The molecule has 0 fully saturated rings. The normalized spacial score (nSPS) is 12.1. The fourth-order valence-corrected chi connectivity index (χ4v) is 1.98. The number of benzene rings is 1. The van der Waals surface area contributed by atoms with Crippen LogP contribution in [0.25, 0.3) is 0 Å². The van der Waals surface area contributed by atoms with E-state index < -0.39 is 11.9 Å². The van der Waals surface area contributed by atoms with Crippen LogP contribution in [0.2, 0.25) is 0 Å². The van der Waals surface area contributed by atoms with Crippen LogP contribution < -0.4 is 14.4 Å². The number of nitrogens with zero attached hydrogens (tertiary/aromatic N) is 1. The molecular formula is C15H23NO4. The molecule has 1 aromatic carbocycles. The first-order chi connectivity index (χ1) is 9.40. The Hall–Kier alpha value is -1.91. The van der Waals surface area contributed by atoms with E-state index in [0.717, 1.165) is 11.4 Å². The summed E-state index contributed by atoms with van der Waals surface area (Å²) < 4.78 is 10.6. The van der Waals surface area contributed by atoms with Crippen molar-refractivity contribution in [3.63, 3.8) is 0 Å². The second kappa shape index (κ2) is 7.03. The van der Waals surface area contributed by atoms with Crippen molar-refractivity contribution in [1.82, 2.24) is 0 Å². The lowest BCUT2D eigenvalue weighted by Crippen LogP contribution is -2.37. The van der Waals surface area contributed by atoms with Gasteiger partial charge in [0.05, 0.1) is 25.8 Å². The molecule has 0 aliphatic rings. The minimum Gasteiger partial charge on any atom is -0.497 e. The summed E-state index contributed by atoms with van der Waals surface area (Å²) in [7, 11) is 3.20. The SMILES string of the molecule is COc1ccc(OC)c(N(CC(C)C(=O)O)C(C)C)c1. The Morgan fingerprint density at radius 3 is 2.35 bits per heavy atom. The van der Waals surface area contributed by atoms with Crippen LogP contribution in [0.1, 0.15) is 20.8 Å². The summed E-state index contributed by atoms with van der Waals surface area (Å²) in [6, 6.07) is 5.67. The molecule has 0 radical (unpaired) electrons. The maximum atomic E-state index is 11.1. The van der Waals surface area contributed by atoms with Crippen molar-refractivity contribution in [2.75, 3.05) is 25.7 Å². The quantitative estimate of drug-likeness (QED) is 0.832. The number of hydrogen-bond donors (Lipinski definition) is 1. The number of carbonyl (C=O) groups is 1. The van der Waals surface area contributed by atoms with Gasteiger partial charge in [-0.15, -0.1) is 0 Å². The number of anilines is 1. The van der Waals surface area contributed by atoms with Gasteiger partial charge in [-0.25, -0.2) is 0 Å². The molecular weight excluding hydrogens is 258 g/mol. The lowest BCUT2D eigenvalue weighted by Gasteiger charge is -2.32. The van der Waals surface area contributed by atoms with E-state index in [1.165, 1.54) is 0 Å². The number of carboxylic acid groups (broad SMARTS) is 1. The van der Waals surface area contributed by atoms with Crippen LogP contribution >= 0.6 is 0 Å². The predicted molar refractivity (Wildman–Crippen MR) is 78.8 cm³/mol. The molecule has 1 rings (SSSR count). The summed E-state index contributed by atoms with van der Waals surface area (Å²) in [5.41, 5.74) is 0.843. The van der Waals surface area contributed by atoms with Gasteiger partial charge in [0, 0.05) is 18.7 Å². The Bertz CT molecular complexity index is 459. The topological polar surface area (TPSA) is 59.0 Å². The van der Waals surface area contributed by atoms with Crippen molar-refractivity contribution in [2.45, 2.75) is 26.8 Å². The van der Waals surface area contributed by atoms with E-state index in [-0.39, 0.29) is 6.04 Å². The van der Waals surface area contributed by atoms with E-state index in [4.69, 9.17) is 14.6 Å². The molecule has 1 aromatic rings. The smallest absolute Gasteiger partial charge is 0.308 e. The van der Waals surface area contributed by atoms with Gasteiger partial charge in [-0.1, -0.05) is 6.92 Å². The zero-order valence-corrected chi connectivity index (χ0v) is 12.7. The number of rotatable bonds is 7. The molecule has 1 N–H and O–H groups in total. The molecule has 20 heavy (non-hydrogen) atoms. The Balaban J connectivity index is 3.16. The minimum atomic E-state index is -0.808. The number of carboxylic acids is 1. The van der Waals surface area contributed by atoms with Crippen LogP contribution in [0, 0.1) is 5.92 Å². The fourth-order valence-electron chi connectivity index (χ4n) is 1.98. The number of aliphatic carboxylic acids is 1. The van der Waals surface area contributed by atoms with Gasteiger partial charge >= 0.3 is 5.97 Å². The molecule has 1 unspecified atom stereocenters. The van der Waals surface area contributed by atoms with Gasteiger partial charge < -0.3 is 19.5 Å². The predicted octanol–water partition coefficient (Wildman–Crippen LogP) is 2.64. The molecule has 0 aliphatic carbocycles. The highest BCUT2D eigenvalue weighted by atomic mass is 16.5. The van der Waals surface area contributed by atoms with Crippen LogP contribution in [0.5, 0.6) is 11.5 Å². The van der Waals surface area contributed by atoms with Crippen LogP contribution in [0.15, 0.2) is 18.2 Å². The fraction of sp³-hybridized carbons (Fsp3) is 0.533. The second-order valence-corrected chi connectivity index (χ2v) is 5.02. The molecule has 0 saturated carbocycles. The molecule has 0 bridgehead atoms. The summed E-state index contributed by atoms with van der Waals surface area (Å²) in [5.74, 6) is 0.150. The monoisotopic (exact) mass is 281 g/mol. The van der Waals surface area contributed by atoms with E-state index in [9.17, 15) is 4.79 Å². The van der Waals surface area contributed by atoms with Gasteiger partial charge in [-0.05, 0) is 26.0 Å². The Labute approximate surface area is 120 Å². The molecule has 0 aliphatic heterocycles. The van der Waals surface area contributed by atoms with E-state index >= 15 is 0 Å². The average molecular weight is 281 g/mol. The molecule has 5 heteroatoms. The maximum absolute atomic E-state index is 11.1. The van der Waals surface area contributed by atoms with Crippen LogP contribution in [0.4, 0.5) is 5.69 Å². The van der Waals surface area contributed by atoms with Gasteiger partial charge in [0.25, 0.3) is 0 Å². The number of methoxy groups -OCH3 is 2. The van der Waals surface area contributed by atoms with Crippen LogP contribution in [-0.2, 0) is 4.79 Å². The van der Waals surface area contributed by atoms with Gasteiger partial charge in [-0.3, -0.25) is 4.79 Å². The molecule has 0 spiro atoms. The number of hydrogen-bond acceptors (Lipinski definition) is 4. The van der Waals surface area contributed by atoms with Crippen molar-refractivity contribution in [2.24, 2.45) is 5.92 Å². The zero-order valence-electron chi connectivity index (χ0n) is 12.7. The summed E-state index contributed by atoms with van der Waals surface area (Å²) in [5, 5.41) is 9.10. The van der Waals surface area contributed by atoms with Gasteiger partial charge in [0.15, 0.2) is 0 Å². The lowest BCUT2D eigenvalue weighted by atomic mass is 10.1.